The number of halogens is 7. The molecule has 1 aromatic carbocycles. The number of rotatable bonds is 4. The highest BCUT2D eigenvalue weighted by Gasteiger charge is 2.73. The van der Waals surface area contributed by atoms with Crippen LogP contribution in [0.3, 0.4) is 0 Å². The van der Waals surface area contributed by atoms with Crippen molar-refractivity contribution in [1.29, 1.82) is 0 Å². The van der Waals surface area contributed by atoms with Crippen molar-refractivity contribution < 1.29 is 30.7 Å². The molecule has 19 heavy (non-hydrogen) atoms. The summed E-state index contributed by atoms with van der Waals surface area (Å²) in [6, 6.07) is 3.91. The lowest BCUT2D eigenvalue weighted by Crippen LogP contribution is -2.50. The molecule has 0 nitrogen and oxygen atoms in total. The minimum atomic E-state index is -6.32. The first-order valence-electron chi connectivity index (χ1n) is 5.30. The molecular weight excluding hydrogens is 277 g/mol. The molecule has 0 aliphatic rings. The van der Waals surface area contributed by atoms with Crippen LogP contribution in [-0.4, -0.2) is 12.1 Å². The number of hydrogen-bond donors (Lipinski definition) is 0. The van der Waals surface area contributed by atoms with Crippen molar-refractivity contribution >= 4 is 0 Å². The predicted molar refractivity (Wildman–Crippen MR) is 55.0 cm³/mol. The molecule has 0 spiro atoms. The van der Waals surface area contributed by atoms with Gasteiger partial charge < -0.3 is 0 Å². The van der Waals surface area contributed by atoms with Gasteiger partial charge in [0.05, 0.1) is 0 Å². The summed E-state index contributed by atoms with van der Waals surface area (Å²) < 4.78 is 89.2. The molecule has 7 heteroatoms. The van der Waals surface area contributed by atoms with E-state index in [0.29, 0.717) is 6.07 Å². The highest BCUT2D eigenvalue weighted by Crippen LogP contribution is 2.52. The SMILES string of the molecule is CC[CH]c1ccccc1C(F)(F)C(F)(F)C(F)(F)F. The lowest BCUT2D eigenvalue weighted by molar-refractivity contribution is -0.359. The Morgan fingerprint density at radius 2 is 1.47 bits per heavy atom. The van der Waals surface area contributed by atoms with Crippen LogP contribution < -0.4 is 0 Å². The van der Waals surface area contributed by atoms with Crippen LogP contribution in [0.1, 0.15) is 24.5 Å². The second-order valence-corrected chi connectivity index (χ2v) is 3.85. The second kappa shape index (κ2) is 5.02. The molecule has 0 unspecified atom stereocenters. The maximum absolute atomic E-state index is 13.5. The third-order valence-corrected chi connectivity index (χ3v) is 2.47. The summed E-state index contributed by atoms with van der Waals surface area (Å²) in [6.07, 6.45) is -4.93. The molecular formula is C12H10F7. The van der Waals surface area contributed by atoms with E-state index in [4.69, 9.17) is 0 Å². The molecule has 0 aliphatic heterocycles. The zero-order chi connectivity index (χ0) is 14.9. The quantitative estimate of drug-likeness (QED) is 0.688. The molecule has 107 valence electrons. The maximum atomic E-state index is 13.5. The Balaban J connectivity index is 3.35. The molecule has 0 heterocycles. The molecule has 0 fully saturated rings. The van der Waals surface area contributed by atoms with Gasteiger partial charge in [0.2, 0.25) is 0 Å². The van der Waals surface area contributed by atoms with Crippen LogP contribution >= 0.6 is 0 Å². The fourth-order valence-corrected chi connectivity index (χ4v) is 1.53. The highest BCUT2D eigenvalue weighted by atomic mass is 19.4. The van der Waals surface area contributed by atoms with Gasteiger partial charge in [0.1, 0.15) is 0 Å². The molecule has 0 amide bonds. The van der Waals surface area contributed by atoms with E-state index >= 15 is 0 Å². The van der Waals surface area contributed by atoms with Crippen molar-refractivity contribution in [3.63, 3.8) is 0 Å². The summed E-state index contributed by atoms with van der Waals surface area (Å²) in [6.45, 7) is 1.55. The monoisotopic (exact) mass is 287 g/mol. The summed E-state index contributed by atoms with van der Waals surface area (Å²) in [5, 5.41) is 0. The molecule has 1 aromatic rings. The lowest BCUT2D eigenvalue weighted by atomic mass is 9.94. The Labute approximate surface area is 105 Å². The largest absolute Gasteiger partial charge is 0.460 e. The van der Waals surface area contributed by atoms with E-state index in [1.54, 1.807) is 6.92 Å². The van der Waals surface area contributed by atoms with Gasteiger partial charge in [-0.15, -0.1) is 0 Å². The fourth-order valence-electron chi connectivity index (χ4n) is 1.53. The van der Waals surface area contributed by atoms with E-state index < -0.39 is 23.6 Å². The van der Waals surface area contributed by atoms with E-state index in [9.17, 15) is 30.7 Å². The summed E-state index contributed by atoms with van der Waals surface area (Å²) >= 11 is 0. The smallest absolute Gasteiger partial charge is 0.194 e. The molecule has 1 radical (unpaired) electrons. The van der Waals surface area contributed by atoms with Crippen molar-refractivity contribution in [2.45, 2.75) is 31.4 Å². The fraction of sp³-hybridized carbons (Fsp3) is 0.417. The van der Waals surface area contributed by atoms with Crippen LogP contribution in [0.25, 0.3) is 0 Å². The van der Waals surface area contributed by atoms with Crippen LogP contribution in [0.4, 0.5) is 30.7 Å². The standard InChI is InChI=1S/C12H10F7/c1-2-5-8-6-3-4-7-9(8)10(13,14)11(15,16)12(17,18)19/h3-7H,2H2,1H3. The van der Waals surface area contributed by atoms with E-state index in [-0.39, 0.29) is 12.0 Å². The van der Waals surface area contributed by atoms with Crippen LogP contribution in [0.5, 0.6) is 0 Å². The summed E-state index contributed by atoms with van der Waals surface area (Å²) in [4.78, 5) is 0. The number of hydrogen-bond acceptors (Lipinski definition) is 0. The molecule has 0 aliphatic carbocycles. The summed E-state index contributed by atoms with van der Waals surface area (Å²) in [5.74, 6) is -11.5. The van der Waals surface area contributed by atoms with Gasteiger partial charge in [-0.25, -0.2) is 0 Å². The average Bonchev–Trinajstić information content (AvgIpc) is 2.28. The van der Waals surface area contributed by atoms with Gasteiger partial charge in [-0.3, -0.25) is 0 Å². The van der Waals surface area contributed by atoms with E-state index in [1.807, 2.05) is 0 Å². The lowest BCUT2D eigenvalue weighted by Gasteiger charge is -2.29. The zero-order valence-electron chi connectivity index (χ0n) is 9.74. The van der Waals surface area contributed by atoms with Gasteiger partial charge in [0, 0.05) is 5.56 Å². The van der Waals surface area contributed by atoms with Crippen LogP contribution in [0, 0.1) is 6.42 Å². The molecule has 0 saturated carbocycles. The Kier molecular flexibility index (Phi) is 4.17. The first-order chi connectivity index (χ1) is 8.55. The highest BCUT2D eigenvalue weighted by molar-refractivity contribution is 5.37. The number of alkyl halides is 7. The van der Waals surface area contributed by atoms with Gasteiger partial charge >= 0.3 is 18.0 Å². The van der Waals surface area contributed by atoms with Crippen molar-refractivity contribution in [2.75, 3.05) is 0 Å². The van der Waals surface area contributed by atoms with Crippen molar-refractivity contribution in [3.05, 3.63) is 41.8 Å². The van der Waals surface area contributed by atoms with Gasteiger partial charge in [0.15, 0.2) is 0 Å². The first kappa shape index (κ1) is 15.8. The van der Waals surface area contributed by atoms with Crippen LogP contribution in [0.2, 0.25) is 0 Å². The van der Waals surface area contributed by atoms with Gasteiger partial charge in [-0.1, -0.05) is 31.2 Å². The Morgan fingerprint density at radius 1 is 0.947 bits per heavy atom. The normalized spacial score (nSPS) is 13.7. The van der Waals surface area contributed by atoms with E-state index in [0.717, 1.165) is 18.6 Å². The van der Waals surface area contributed by atoms with Crippen molar-refractivity contribution in [2.24, 2.45) is 0 Å². The Morgan fingerprint density at radius 3 is 1.95 bits per heavy atom. The third-order valence-electron chi connectivity index (χ3n) is 2.47. The molecule has 0 aromatic heterocycles. The Bertz CT molecular complexity index is 434. The van der Waals surface area contributed by atoms with E-state index in [1.165, 1.54) is 6.07 Å². The van der Waals surface area contributed by atoms with Crippen LogP contribution in [0.15, 0.2) is 24.3 Å². The zero-order valence-corrected chi connectivity index (χ0v) is 9.74. The molecule has 0 atom stereocenters. The van der Waals surface area contributed by atoms with Crippen LogP contribution in [-0.2, 0) is 5.92 Å². The van der Waals surface area contributed by atoms with Gasteiger partial charge in [0.25, 0.3) is 0 Å². The first-order valence-corrected chi connectivity index (χ1v) is 5.30. The van der Waals surface area contributed by atoms with E-state index in [2.05, 4.69) is 0 Å². The van der Waals surface area contributed by atoms with Crippen molar-refractivity contribution in [1.82, 2.24) is 0 Å². The summed E-state index contributed by atoms with van der Waals surface area (Å²) in [7, 11) is 0. The topological polar surface area (TPSA) is 0 Å². The van der Waals surface area contributed by atoms with Gasteiger partial charge in [-0.2, -0.15) is 30.7 Å². The minimum Gasteiger partial charge on any atom is -0.194 e. The summed E-state index contributed by atoms with van der Waals surface area (Å²) in [5.41, 5.74) is -1.67. The van der Waals surface area contributed by atoms with Gasteiger partial charge in [-0.05, 0) is 18.4 Å². The predicted octanol–water partition coefficient (Wildman–Crippen LogP) is 4.94. The third kappa shape index (κ3) is 2.69. The van der Waals surface area contributed by atoms with Crippen molar-refractivity contribution in [3.8, 4) is 0 Å². The molecule has 0 N–H and O–H groups in total. The molecule has 0 saturated heterocycles. The molecule has 0 bridgehead atoms. The average molecular weight is 287 g/mol. The molecule has 1 rings (SSSR count). The maximum Gasteiger partial charge on any atom is 0.460 e. The number of benzene rings is 1. The minimum absolute atomic E-state index is 0.227. The second-order valence-electron chi connectivity index (χ2n) is 3.85. The Hall–Kier alpha value is -1.27.